The van der Waals surface area contributed by atoms with Crippen molar-refractivity contribution in [1.82, 2.24) is 19.9 Å². The minimum absolute atomic E-state index is 0.0390. The van der Waals surface area contributed by atoms with Crippen molar-refractivity contribution in [3.8, 4) is 0 Å². The highest BCUT2D eigenvalue weighted by molar-refractivity contribution is 5.78. The van der Waals surface area contributed by atoms with Gasteiger partial charge < -0.3 is 4.90 Å². The fourth-order valence-electron chi connectivity index (χ4n) is 3.15. The predicted molar refractivity (Wildman–Crippen MR) is 77.0 cm³/mol. The number of carbonyl (C=O) groups excluding carboxylic acids is 1. The number of piperidine rings is 1. The third-order valence-electron chi connectivity index (χ3n) is 4.47. The summed E-state index contributed by atoms with van der Waals surface area (Å²) in [6.07, 6.45) is 7.70. The molecule has 2 fully saturated rings. The first-order valence-corrected chi connectivity index (χ1v) is 7.73. The molecule has 3 rings (SSSR count). The average Bonchev–Trinajstić information content (AvgIpc) is 3.04. The molecule has 2 aliphatic rings. The van der Waals surface area contributed by atoms with E-state index in [9.17, 15) is 4.79 Å². The Bertz CT molecular complexity index is 474. The van der Waals surface area contributed by atoms with Gasteiger partial charge in [-0.1, -0.05) is 6.92 Å². The van der Waals surface area contributed by atoms with Crippen LogP contribution in [-0.4, -0.2) is 52.1 Å². The van der Waals surface area contributed by atoms with E-state index in [-0.39, 0.29) is 17.9 Å². The van der Waals surface area contributed by atoms with E-state index in [1.54, 1.807) is 17.5 Å². The smallest absolute Gasteiger partial charge is 0.249 e. The minimum Gasteiger partial charge on any atom is -0.304 e. The first-order valence-electron chi connectivity index (χ1n) is 7.73. The van der Waals surface area contributed by atoms with E-state index in [4.69, 9.17) is 4.84 Å². The molecule has 0 saturated carbocycles. The molecule has 0 aliphatic carbocycles. The summed E-state index contributed by atoms with van der Waals surface area (Å²) in [5.74, 6) is 0.204. The molecule has 2 saturated heterocycles. The molecule has 0 N–H and O–H groups in total. The number of hydroxylamine groups is 2. The van der Waals surface area contributed by atoms with Gasteiger partial charge in [0, 0.05) is 30.3 Å². The van der Waals surface area contributed by atoms with Crippen molar-refractivity contribution in [2.24, 2.45) is 5.92 Å². The Kier molecular flexibility index (Phi) is 4.45. The number of carbonyl (C=O) groups is 1. The lowest BCUT2D eigenvalue weighted by Gasteiger charge is -2.33. The van der Waals surface area contributed by atoms with Crippen LogP contribution >= 0.6 is 0 Å². The van der Waals surface area contributed by atoms with E-state index in [1.165, 1.54) is 6.33 Å². The van der Waals surface area contributed by atoms with E-state index in [0.29, 0.717) is 6.61 Å². The van der Waals surface area contributed by atoms with Crippen LogP contribution in [0.4, 0.5) is 0 Å². The molecule has 0 bridgehead atoms. The second kappa shape index (κ2) is 6.49. The van der Waals surface area contributed by atoms with Crippen LogP contribution < -0.4 is 0 Å². The molecular formula is C15H22N4O2. The van der Waals surface area contributed by atoms with Gasteiger partial charge in [0.2, 0.25) is 5.91 Å². The van der Waals surface area contributed by atoms with Gasteiger partial charge in [-0.3, -0.25) is 9.63 Å². The highest BCUT2D eigenvalue weighted by Gasteiger charge is 2.36. The summed E-state index contributed by atoms with van der Waals surface area (Å²) in [5, 5.41) is 1.57. The zero-order valence-corrected chi connectivity index (χ0v) is 12.4. The Morgan fingerprint density at radius 1 is 1.29 bits per heavy atom. The van der Waals surface area contributed by atoms with Crippen LogP contribution in [0.5, 0.6) is 0 Å². The topological polar surface area (TPSA) is 58.6 Å². The van der Waals surface area contributed by atoms with Gasteiger partial charge in [0.05, 0.1) is 12.6 Å². The van der Waals surface area contributed by atoms with Gasteiger partial charge in [0.1, 0.15) is 6.33 Å². The quantitative estimate of drug-likeness (QED) is 0.842. The lowest BCUT2D eigenvalue weighted by molar-refractivity contribution is -0.183. The monoisotopic (exact) mass is 290 g/mol. The number of hydrogen-bond acceptors (Lipinski definition) is 5. The molecule has 114 valence electrons. The highest BCUT2D eigenvalue weighted by Crippen LogP contribution is 2.32. The molecule has 3 heterocycles. The van der Waals surface area contributed by atoms with Crippen molar-refractivity contribution in [2.75, 3.05) is 26.2 Å². The van der Waals surface area contributed by atoms with Crippen LogP contribution in [0.1, 0.15) is 37.8 Å². The SMILES string of the molecule is CCN1CCC(C(=O)N2OCC[C@H]2c2cncnc2)CC1. The maximum atomic E-state index is 12.7. The standard InChI is InChI=1S/C15H22N4O2/c1-2-18-6-3-12(4-7-18)15(20)19-14(5-8-21-19)13-9-16-11-17-10-13/h9-12,14H,2-8H2,1H3/t14-/m0/s1. The molecule has 0 radical (unpaired) electrons. The number of nitrogens with zero attached hydrogens (tertiary/aromatic N) is 4. The Labute approximate surface area is 125 Å². The van der Waals surface area contributed by atoms with Gasteiger partial charge in [-0.15, -0.1) is 0 Å². The van der Waals surface area contributed by atoms with Crippen LogP contribution in [0.3, 0.4) is 0 Å². The van der Waals surface area contributed by atoms with Crippen molar-refractivity contribution in [1.29, 1.82) is 0 Å². The molecule has 1 amide bonds. The summed E-state index contributed by atoms with van der Waals surface area (Å²) in [4.78, 5) is 28.8. The van der Waals surface area contributed by atoms with Crippen LogP contribution in [-0.2, 0) is 9.63 Å². The first-order chi connectivity index (χ1) is 10.3. The third kappa shape index (κ3) is 3.06. The van der Waals surface area contributed by atoms with Gasteiger partial charge in [-0.25, -0.2) is 15.0 Å². The van der Waals surface area contributed by atoms with Crippen molar-refractivity contribution in [3.63, 3.8) is 0 Å². The largest absolute Gasteiger partial charge is 0.304 e. The minimum atomic E-state index is -0.0390. The molecule has 0 unspecified atom stereocenters. The summed E-state index contributed by atoms with van der Waals surface area (Å²) < 4.78 is 0. The average molecular weight is 290 g/mol. The molecule has 1 atom stereocenters. The zero-order valence-electron chi connectivity index (χ0n) is 12.4. The molecule has 0 aromatic carbocycles. The summed E-state index contributed by atoms with van der Waals surface area (Å²) in [7, 11) is 0. The normalized spacial score (nSPS) is 24.4. The van der Waals surface area contributed by atoms with Gasteiger partial charge in [0.15, 0.2) is 0 Å². The molecule has 2 aliphatic heterocycles. The third-order valence-corrected chi connectivity index (χ3v) is 4.47. The van der Waals surface area contributed by atoms with Crippen molar-refractivity contribution < 1.29 is 9.63 Å². The van der Waals surface area contributed by atoms with Crippen LogP contribution in [0.15, 0.2) is 18.7 Å². The number of aromatic nitrogens is 2. The van der Waals surface area contributed by atoms with Crippen molar-refractivity contribution in [2.45, 2.75) is 32.2 Å². The van der Waals surface area contributed by atoms with Gasteiger partial charge >= 0.3 is 0 Å². The van der Waals surface area contributed by atoms with E-state index in [1.807, 2.05) is 0 Å². The van der Waals surface area contributed by atoms with E-state index < -0.39 is 0 Å². The van der Waals surface area contributed by atoms with E-state index in [0.717, 1.165) is 44.5 Å². The first kappa shape index (κ1) is 14.4. The molecule has 21 heavy (non-hydrogen) atoms. The van der Waals surface area contributed by atoms with Gasteiger partial charge in [-0.05, 0) is 32.5 Å². The van der Waals surface area contributed by atoms with Crippen LogP contribution in [0.25, 0.3) is 0 Å². The summed E-state index contributed by atoms with van der Waals surface area (Å²) in [6, 6.07) is -0.0390. The van der Waals surface area contributed by atoms with Gasteiger partial charge in [0.25, 0.3) is 0 Å². The van der Waals surface area contributed by atoms with Crippen molar-refractivity contribution in [3.05, 3.63) is 24.3 Å². The van der Waals surface area contributed by atoms with Crippen molar-refractivity contribution >= 4 is 5.91 Å². The second-order valence-corrected chi connectivity index (χ2v) is 5.68. The Morgan fingerprint density at radius 3 is 2.67 bits per heavy atom. The lowest BCUT2D eigenvalue weighted by atomic mass is 9.95. The molecule has 6 nitrogen and oxygen atoms in total. The zero-order chi connectivity index (χ0) is 14.7. The highest BCUT2D eigenvalue weighted by atomic mass is 16.7. The molecular weight excluding hydrogens is 268 g/mol. The molecule has 0 spiro atoms. The lowest BCUT2D eigenvalue weighted by Crippen LogP contribution is -2.41. The number of amides is 1. The summed E-state index contributed by atoms with van der Waals surface area (Å²) in [6.45, 7) is 5.81. The fraction of sp³-hybridized carbons (Fsp3) is 0.667. The number of rotatable bonds is 3. The molecule has 1 aromatic heterocycles. The molecule has 1 aromatic rings. The summed E-state index contributed by atoms with van der Waals surface area (Å²) >= 11 is 0. The number of likely N-dealkylation sites (tertiary alicyclic amines) is 1. The predicted octanol–water partition coefficient (Wildman–Crippen LogP) is 1.41. The van der Waals surface area contributed by atoms with Crippen LogP contribution in [0.2, 0.25) is 0 Å². The number of hydrogen-bond donors (Lipinski definition) is 0. The summed E-state index contributed by atoms with van der Waals surface area (Å²) in [5.41, 5.74) is 0.953. The maximum Gasteiger partial charge on any atom is 0.249 e. The maximum absolute atomic E-state index is 12.7. The fourth-order valence-corrected chi connectivity index (χ4v) is 3.15. The Balaban J connectivity index is 1.67. The molecule has 6 heteroatoms. The van der Waals surface area contributed by atoms with Crippen LogP contribution in [0, 0.1) is 5.92 Å². The second-order valence-electron chi connectivity index (χ2n) is 5.68. The van der Waals surface area contributed by atoms with E-state index in [2.05, 4.69) is 21.8 Å². The van der Waals surface area contributed by atoms with E-state index >= 15 is 0 Å². The van der Waals surface area contributed by atoms with Gasteiger partial charge in [-0.2, -0.15) is 0 Å². The Hall–Kier alpha value is -1.53. The Morgan fingerprint density at radius 2 is 2.00 bits per heavy atom.